The first-order valence-electron chi connectivity index (χ1n) is 9.31. The highest BCUT2D eigenvalue weighted by Gasteiger charge is 2.20. The summed E-state index contributed by atoms with van der Waals surface area (Å²) in [6.45, 7) is 1.18. The van der Waals surface area contributed by atoms with Crippen molar-refractivity contribution >= 4 is 17.6 Å². The minimum Gasteiger partial charge on any atom is -0.478 e. The van der Waals surface area contributed by atoms with Crippen molar-refractivity contribution in [1.82, 2.24) is 19.7 Å². The fraction of sp³-hybridized carbons (Fsp3) is 0.316. The molecule has 11 nitrogen and oxygen atoms in total. The molecule has 11 heteroatoms. The Kier molecular flexibility index (Phi) is 6.75. The van der Waals surface area contributed by atoms with Crippen molar-refractivity contribution in [1.29, 1.82) is 0 Å². The van der Waals surface area contributed by atoms with Gasteiger partial charge < -0.3 is 25.3 Å². The molecule has 0 aromatic carbocycles. The van der Waals surface area contributed by atoms with E-state index in [0.717, 1.165) is 19.3 Å². The highest BCUT2D eigenvalue weighted by Crippen LogP contribution is 2.22. The number of pyridine rings is 1. The fourth-order valence-electron chi connectivity index (χ4n) is 2.66. The number of carboxylic acid groups (broad SMARTS) is 1. The van der Waals surface area contributed by atoms with Crippen LogP contribution < -0.4 is 15.8 Å². The van der Waals surface area contributed by atoms with Crippen molar-refractivity contribution in [2.45, 2.75) is 19.3 Å². The third kappa shape index (κ3) is 5.20. The van der Waals surface area contributed by atoms with Gasteiger partial charge in [-0.25, -0.2) is 14.8 Å². The summed E-state index contributed by atoms with van der Waals surface area (Å²) in [5, 5.41) is 15.4. The molecular weight excluding hydrogens is 392 g/mol. The molecule has 158 valence electrons. The summed E-state index contributed by atoms with van der Waals surface area (Å²) in [6.07, 6.45) is 6.94. The normalized spacial score (nSPS) is 10.7. The number of carboxylic acids is 1. The molecule has 0 saturated heterocycles. The van der Waals surface area contributed by atoms with E-state index >= 15 is 0 Å². The van der Waals surface area contributed by atoms with Crippen LogP contribution in [-0.2, 0) is 7.05 Å². The summed E-state index contributed by atoms with van der Waals surface area (Å²) in [5.74, 6) is -1.24. The lowest BCUT2D eigenvalue weighted by molar-refractivity contribution is 0.0690. The zero-order chi connectivity index (χ0) is 21.5. The predicted molar refractivity (Wildman–Crippen MR) is 106 cm³/mol. The number of aromatic carboxylic acids is 1. The van der Waals surface area contributed by atoms with Crippen molar-refractivity contribution in [3.8, 4) is 17.3 Å². The number of nitrogens with zero attached hydrogens (tertiary/aromatic N) is 4. The van der Waals surface area contributed by atoms with Gasteiger partial charge in [0.25, 0.3) is 5.91 Å². The summed E-state index contributed by atoms with van der Waals surface area (Å²) in [4.78, 5) is 32.0. The number of nitrogens with two attached hydrogens (primary N) is 1. The van der Waals surface area contributed by atoms with E-state index in [2.05, 4.69) is 20.4 Å². The Hall–Kier alpha value is -3.73. The lowest BCUT2D eigenvalue weighted by atomic mass is 10.2. The second-order valence-electron chi connectivity index (χ2n) is 6.44. The number of oxazole rings is 1. The summed E-state index contributed by atoms with van der Waals surface area (Å²) in [7, 11) is 1.55. The molecule has 0 radical (unpaired) electrons. The molecule has 0 spiro atoms. The maximum Gasteiger partial charge on any atom is 0.358 e. The molecule has 3 rings (SSSR count). The second kappa shape index (κ2) is 9.65. The Morgan fingerprint density at radius 3 is 2.93 bits per heavy atom. The van der Waals surface area contributed by atoms with Gasteiger partial charge in [0, 0.05) is 31.1 Å². The van der Waals surface area contributed by atoms with Crippen LogP contribution in [0.25, 0.3) is 11.5 Å². The van der Waals surface area contributed by atoms with Crippen LogP contribution in [-0.4, -0.2) is 49.9 Å². The first kappa shape index (κ1) is 21.0. The van der Waals surface area contributed by atoms with Gasteiger partial charge in [-0.05, 0) is 31.9 Å². The van der Waals surface area contributed by atoms with Gasteiger partial charge in [-0.15, -0.1) is 0 Å². The van der Waals surface area contributed by atoms with E-state index in [4.69, 9.17) is 20.0 Å². The van der Waals surface area contributed by atoms with E-state index in [1.165, 1.54) is 17.1 Å². The summed E-state index contributed by atoms with van der Waals surface area (Å²) < 4.78 is 12.3. The SMILES string of the molecule is Cn1cc(NC(=O)c2coc(-c3ccnc(OCCCCCN)c3)n2)c(C(=O)O)n1. The van der Waals surface area contributed by atoms with Gasteiger partial charge in [0.2, 0.25) is 11.8 Å². The Morgan fingerprint density at radius 2 is 2.17 bits per heavy atom. The molecule has 1 amide bonds. The van der Waals surface area contributed by atoms with Crippen LogP contribution in [0.1, 0.15) is 40.2 Å². The van der Waals surface area contributed by atoms with E-state index in [-0.39, 0.29) is 23.0 Å². The zero-order valence-corrected chi connectivity index (χ0v) is 16.4. The minimum atomic E-state index is -1.25. The zero-order valence-electron chi connectivity index (χ0n) is 16.4. The van der Waals surface area contributed by atoms with E-state index in [1.807, 2.05) is 0 Å². The van der Waals surface area contributed by atoms with E-state index < -0.39 is 11.9 Å². The number of aryl methyl sites for hydroxylation is 1. The van der Waals surface area contributed by atoms with Crippen LogP contribution in [0.4, 0.5) is 5.69 Å². The van der Waals surface area contributed by atoms with E-state index in [1.54, 1.807) is 25.4 Å². The molecule has 0 aliphatic carbocycles. The molecule has 0 atom stereocenters. The van der Waals surface area contributed by atoms with Gasteiger partial charge in [0.05, 0.1) is 12.3 Å². The molecule has 3 aromatic heterocycles. The Balaban J connectivity index is 1.67. The molecule has 0 unspecified atom stereocenters. The summed E-state index contributed by atoms with van der Waals surface area (Å²) in [6, 6.07) is 3.35. The number of carbonyl (C=O) groups excluding carboxylic acids is 1. The average Bonchev–Trinajstić information content (AvgIpc) is 3.35. The number of hydrogen-bond acceptors (Lipinski definition) is 8. The number of aromatic nitrogens is 4. The molecule has 0 aliphatic heterocycles. The second-order valence-corrected chi connectivity index (χ2v) is 6.44. The number of amides is 1. The van der Waals surface area contributed by atoms with Gasteiger partial charge in [-0.2, -0.15) is 5.10 Å². The lowest BCUT2D eigenvalue weighted by Gasteiger charge is -2.05. The third-order valence-corrected chi connectivity index (χ3v) is 4.10. The summed E-state index contributed by atoms with van der Waals surface area (Å²) in [5.41, 5.74) is 5.85. The maximum atomic E-state index is 12.4. The van der Waals surface area contributed by atoms with Crippen molar-refractivity contribution < 1.29 is 23.8 Å². The maximum absolute atomic E-state index is 12.4. The quantitative estimate of drug-likeness (QED) is 0.421. The largest absolute Gasteiger partial charge is 0.478 e. The van der Waals surface area contributed by atoms with Crippen LogP contribution in [0, 0.1) is 0 Å². The first-order valence-corrected chi connectivity index (χ1v) is 9.31. The lowest BCUT2D eigenvalue weighted by Crippen LogP contribution is -2.14. The fourth-order valence-corrected chi connectivity index (χ4v) is 2.66. The molecule has 0 bridgehead atoms. The minimum absolute atomic E-state index is 0.00810. The predicted octanol–water partition coefficient (Wildman–Crippen LogP) is 1.93. The van der Waals surface area contributed by atoms with Crippen LogP contribution in [0.3, 0.4) is 0 Å². The molecule has 0 fully saturated rings. The molecule has 30 heavy (non-hydrogen) atoms. The molecule has 4 N–H and O–H groups in total. The van der Waals surface area contributed by atoms with Gasteiger partial charge in [0.15, 0.2) is 11.4 Å². The standard InChI is InChI=1S/C19H22N6O5/c1-25-10-13(16(24-25)19(27)28)22-17(26)14-11-30-18(23-14)12-5-7-21-15(9-12)29-8-4-2-3-6-20/h5,7,9-11H,2-4,6,8,20H2,1H3,(H,22,26)(H,27,28). The molecule has 3 heterocycles. The highest BCUT2D eigenvalue weighted by molar-refractivity contribution is 6.06. The average molecular weight is 414 g/mol. The van der Waals surface area contributed by atoms with Crippen LogP contribution in [0.2, 0.25) is 0 Å². The van der Waals surface area contributed by atoms with E-state index in [0.29, 0.717) is 24.6 Å². The molecule has 3 aromatic rings. The Bertz CT molecular complexity index is 1030. The number of anilines is 1. The topological polar surface area (TPSA) is 158 Å². The van der Waals surface area contributed by atoms with Crippen LogP contribution in [0.15, 0.2) is 35.2 Å². The summed E-state index contributed by atoms with van der Waals surface area (Å²) >= 11 is 0. The van der Waals surface area contributed by atoms with Crippen molar-refractivity contribution in [3.63, 3.8) is 0 Å². The van der Waals surface area contributed by atoms with Gasteiger partial charge in [-0.1, -0.05) is 0 Å². The van der Waals surface area contributed by atoms with Crippen molar-refractivity contribution in [2.24, 2.45) is 12.8 Å². The van der Waals surface area contributed by atoms with Crippen molar-refractivity contribution in [3.05, 3.63) is 42.2 Å². The third-order valence-electron chi connectivity index (χ3n) is 4.10. The first-order chi connectivity index (χ1) is 14.5. The smallest absolute Gasteiger partial charge is 0.358 e. The van der Waals surface area contributed by atoms with Gasteiger partial charge in [0.1, 0.15) is 6.26 Å². The number of unbranched alkanes of at least 4 members (excludes halogenated alkanes) is 2. The van der Waals surface area contributed by atoms with Crippen LogP contribution >= 0.6 is 0 Å². The monoisotopic (exact) mass is 414 g/mol. The Labute approximate surface area is 171 Å². The molecule has 0 aliphatic rings. The van der Waals surface area contributed by atoms with E-state index in [9.17, 15) is 9.59 Å². The van der Waals surface area contributed by atoms with Gasteiger partial charge >= 0.3 is 5.97 Å². The number of hydrogen-bond donors (Lipinski definition) is 3. The number of ether oxygens (including phenoxy) is 1. The van der Waals surface area contributed by atoms with Crippen molar-refractivity contribution in [2.75, 3.05) is 18.5 Å². The van der Waals surface area contributed by atoms with Crippen LogP contribution in [0.5, 0.6) is 5.88 Å². The molecular formula is C19H22N6O5. The number of rotatable bonds is 10. The number of nitrogens with one attached hydrogen (secondary N) is 1. The molecule has 0 saturated carbocycles. The highest BCUT2D eigenvalue weighted by atomic mass is 16.5. The Morgan fingerprint density at radius 1 is 1.33 bits per heavy atom. The van der Waals surface area contributed by atoms with Gasteiger partial charge in [-0.3, -0.25) is 9.48 Å². The number of carbonyl (C=O) groups is 2.